The number of esters is 1. The van der Waals surface area contributed by atoms with E-state index in [1.807, 2.05) is 0 Å². The highest BCUT2D eigenvalue weighted by Crippen LogP contribution is 2.39. The van der Waals surface area contributed by atoms with Gasteiger partial charge in [0.1, 0.15) is 16.3 Å². The summed E-state index contributed by atoms with van der Waals surface area (Å²) in [4.78, 5) is 37.0. The third-order valence-corrected chi connectivity index (χ3v) is 5.59. The standard InChI is InChI=1S/C18H20N2O5S/c1-9-3-4-12-13(7-9)26-17(15(12)16(19)22)20-14(21)8-25-18(23)11-5-6-24-10(11)2/h5-6,9H,3-4,7-8H2,1-2H3,(H2,19,22)(H,20,21)/t9-/m0/s1. The van der Waals surface area contributed by atoms with Crippen LogP contribution in [0.3, 0.4) is 0 Å². The van der Waals surface area contributed by atoms with Gasteiger partial charge in [0.15, 0.2) is 6.61 Å². The molecule has 2 aromatic rings. The SMILES string of the molecule is Cc1occc1C(=O)OCC(=O)Nc1sc2c(c1C(N)=O)CC[C@H](C)C2. The van der Waals surface area contributed by atoms with E-state index in [4.69, 9.17) is 14.9 Å². The number of nitrogens with one attached hydrogen (secondary N) is 1. The maximum Gasteiger partial charge on any atom is 0.342 e. The number of ether oxygens (including phenoxy) is 1. The molecule has 8 heteroatoms. The number of nitrogens with two attached hydrogens (primary N) is 1. The van der Waals surface area contributed by atoms with Gasteiger partial charge in [-0.05, 0) is 43.7 Å². The first kappa shape index (κ1) is 18.2. The fourth-order valence-corrected chi connectivity index (χ4v) is 4.50. The second-order valence-electron chi connectivity index (χ2n) is 6.43. The lowest BCUT2D eigenvalue weighted by molar-refractivity contribution is -0.119. The number of fused-ring (bicyclic) bond motifs is 1. The predicted octanol–water partition coefficient (Wildman–Crippen LogP) is 2.67. The van der Waals surface area contributed by atoms with E-state index < -0.39 is 24.4 Å². The minimum atomic E-state index is -0.638. The average Bonchev–Trinajstić information content (AvgIpc) is 3.15. The van der Waals surface area contributed by atoms with Gasteiger partial charge in [-0.3, -0.25) is 9.59 Å². The summed E-state index contributed by atoms with van der Waals surface area (Å²) < 4.78 is 10.0. The molecule has 0 saturated heterocycles. The van der Waals surface area contributed by atoms with Crippen molar-refractivity contribution in [2.45, 2.75) is 33.1 Å². The molecule has 0 bridgehead atoms. The van der Waals surface area contributed by atoms with Crippen LogP contribution in [0, 0.1) is 12.8 Å². The van der Waals surface area contributed by atoms with Gasteiger partial charge in [-0.1, -0.05) is 6.92 Å². The number of amides is 2. The lowest BCUT2D eigenvalue weighted by Gasteiger charge is -2.18. The number of carbonyl (C=O) groups is 3. The monoisotopic (exact) mass is 376 g/mol. The Hall–Kier alpha value is -2.61. The molecule has 26 heavy (non-hydrogen) atoms. The number of carbonyl (C=O) groups excluding carboxylic acids is 3. The Morgan fingerprint density at radius 3 is 2.85 bits per heavy atom. The topological polar surface area (TPSA) is 112 Å². The van der Waals surface area contributed by atoms with Crippen LogP contribution in [0.1, 0.15) is 50.3 Å². The molecule has 0 saturated carbocycles. The van der Waals surface area contributed by atoms with Gasteiger partial charge in [-0.2, -0.15) is 0 Å². The Morgan fingerprint density at radius 1 is 1.42 bits per heavy atom. The molecule has 138 valence electrons. The van der Waals surface area contributed by atoms with Crippen LogP contribution in [0.25, 0.3) is 0 Å². The minimum Gasteiger partial charge on any atom is -0.469 e. The van der Waals surface area contributed by atoms with Crippen molar-refractivity contribution in [2.24, 2.45) is 11.7 Å². The zero-order chi connectivity index (χ0) is 18.8. The van der Waals surface area contributed by atoms with Crippen LogP contribution in [0.2, 0.25) is 0 Å². The van der Waals surface area contributed by atoms with Gasteiger partial charge in [0.2, 0.25) is 0 Å². The lowest BCUT2D eigenvalue weighted by atomic mass is 9.88. The van der Waals surface area contributed by atoms with Crippen LogP contribution in [0.15, 0.2) is 16.7 Å². The second-order valence-corrected chi connectivity index (χ2v) is 7.54. The van der Waals surface area contributed by atoms with Crippen LogP contribution in [-0.4, -0.2) is 24.4 Å². The number of hydrogen-bond donors (Lipinski definition) is 2. The smallest absolute Gasteiger partial charge is 0.342 e. The van der Waals surface area contributed by atoms with Gasteiger partial charge >= 0.3 is 5.97 Å². The molecule has 0 aromatic carbocycles. The molecule has 3 rings (SSSR count). The molecule has 0 radical (unpaired) electrons. The van der Waals surface area contributed by atoms with Crippen molar-refractivity contribution in [3.05, 3.63) is 39.7 Å². The highest BCUT2D eigenvalue weighted by atomic mass is 32.1. The summed E-state index contributed by atoms with van der Waals surface area (Å²) in [6.07, 6.45) is 4.00. The Bertz CT molecular complexity index is 867. The van der Waals surface area contributed by atoms with Crippen molar-refractivity contribution in [3.63, 3.8) is 0 Å². The normalized spacial score (nSPS) is 16.0. The summed E-state index contributed by atoms with van der Waals surface area (Å²) in [6.45, 7) is 3.33. The zero-order valence-corrected chi connectivity index (χ0v) is 15.4. The Kier molecular flexibility index (Phi) is 5.13. The number of thiophene rings is 1. The molecule has 0 aliphatic heterocycles. The molecule has 2 amide bonds. The summed E-state index contributed by atoms with van der Waals surface area (Å²) >= 11 is 1.37. The molecule has 1 aliphatic carbocycles. The molecular weight excluding hydrogens is 356 g/mol. The van der Waals surface area contributed by atoms with Crippen molar-refractivity contribution >= 4 is 34.1 Å². The predicted molar refractivity (Wildman–Crippen MR) is 96.4 cm³/mol. The van der Waals surface area contributed by atoms with Crippen LogP contribution >= 0.6 is 11.3 Å². The van der Waals surface area contributed by atoms with Crippen LogP contribution in [0.4, 0.5) is 5.00 Å². The van der Waals surface area contributed by atoms with Crippen LogP contribution in [-0.2, 0) is 22.4 Å². The zero-order valence-electron chi connectivity index (χ0n) is 14.6. The van der Waals surface area contributed by atoms with Crippen LogP contribution in [0.5, 0.6) is 0 Å². The molecule has 1 atom stereocenters. The van der Waals surface area contributed by atoms with E-state index in [0.29, 0.717) is 22.2 Å². The summed E-state index contributed by atoms with van der Waals surface area (Å²) in [5.74, 6) is -0.760. The maximum atomic E-state index is 12.2. The molecule has 7 nitrogen and oxygen atoms in total. The average molecular weight is 376 g/mol. The number of rotatable bonds is 5. The lowest BCUT2D eigenvalue weighted by Crippen LogP contribution is -2.23. The van der Waals surface area contributed by atoms with E-state index >= 15 is 0 Å². The number of aryl methyl sites for hydroxylation is 1. The minimum absolute atomic E-state index is 0.274. The van der Waals surface area contributed by atoms with Gasteiger partial charge in [0, 0.05) is 4.88 Å². The van der Waals surface area contributed by atoms with Gasteiger partial charge in [-0.15, -0.1) is 11.3 Å². The molecule has 2 heterocycles. The molecule has 0 fully saturated rings. The van der Waals surface area contributed by atoms with Crippen molar-refractivity contribution in [2.75, 3.05) is 11.9 Å². The Balaban J connectivity index is 1.68. The van der Waals surface area contributed by atoms with Gasteiger partial charge in [-0.25, -0.2) is 4.79 Å². The van der Waals surface area contributed by atoms with E-state index in [1.165, 1.54) is 23.7 Å². The van der Waals surface area contributed by atoms with Crippen molar-refractivity contribution in [1.29, 1.82) is 0 Å². The van der Waals surface area contributed by atoms with Crippen LogP contribution < -0.4 is 11.1 Å². The fraction of sp³-hybridized carbons (Fsp3) is 0.389. The van der Waals surface area contributed by atoms with E-state index in [0.717, 1.165) is 29.7 Å². The quantitative estimate of drug-likeness (QED) is 0.779. The fourth-order valence-electron chi connectivity index (χ4n) is 3.07. The van der Waals surface area contributed by atoms with Gasteiger partial charge in [0.05, 0.1) is 11.8 Å². The molecule has 0 spiro atoms. The summed E-state index contributed by atoms with van der Waals surface area (Å²) in [5.41, 5.74) is 7.10. The highest BCUT2D eigenvalue weighted by Gasteiger charge is 2.27. The van der Waals surface area contributed by atoms with Crippen molar-refractivity contribution in [1.82, 2.24) is 0 Å². The first-order valence-corrected chi connectivity index (χ1v) is 9.13. The van der Waals surface area contributed by atoms with E-state index in [2.05, 4.69) is 12.2 Å². The summed E-state index contributed by atoms with van der Waals surface area (Å²) in [6, 6.07) is 1.48. The third-order valence-electron chi connectivity index (χ3n) is 4.42. The largest absolute Gasteiger partial charge is 0.469 e. The third kappa shape index (κ3) is 3.65. The molecule has 2 aromatic heterocycles. The van der Waals surface area contributed by atoms with E-state index in [1.54, 1.807) is 6.92 Å². The summed E-state index contributed by atoms with van der Waals surface area (Å²) in [7, 11) is 0. The maximum absolute atomic E-state index is 12.2. The second kappa shape index (κ2) is 7.33. The number of furan rings is 1. The molecule has 3 N–H and O–H groups in total. The number of anilines is 1. The van der Waals surface area contributed by atoms with E-state index in [9.17, 15) is 14.4 Å². The van der Waals surface area contributed by atoms with Gasteiger partial charge in [0.25, 0.3) is 11.8 Å². The molecule has 0 unspecified atom stereocenters. The number of primary amides is 1. The molecular formula is C18H20N2O5S. The van der Waals surface area contributed by atoms with Crippen molar-refractivity contribution < 1.29 is 23.5 Å². The Morgan fingerprint density at radius 2 is 2.19 bits per heavy atom. The number of hydrogen-bond acceptors (Lipinski definition) is 6. The summed E-state index contributed by atoms with van der Waals surface area (Å²) in [5, 5.41) is 3.09. The van der Waals surface area contributed by atoms with E-state index in [-0.39, 0.29) is 5.56 Å². The molecule has 1 aliphatic rings. The first-order valence-electron chi connectivity index (χ1n) is 8.32. The first-order chi connectivity index (χ1) is 12.4. The van der Waals surface area contributed by atoms with Crippen molar-refractivity contribution in [3.8, 4) is 0 Å². The Labute approximate surface area is 154 Å². The van der Waals surface area contributed by atoms with Gasteiger partial charge < -0.3 is 20.2 Å². The highest BCUT2D eigenvalue weighted by molar-refractivity contribution is 7.17.